The molecule has 1 aliphatic rings. The summed E-state index contributed by atoms with van der Waals surface area (Å²) in [5.41, 5.74) is 1.10. The molecule has 2 N–H and O–H groups in total. The van der Waals surface area contributed by atoms with Crippen LogP contribution in [0, 0.1) is 0 Å². The number of rotatable bonds is 7. The van der Waals surface area contributed by atoms with Crippen molar-refractivity contribution in [3.05, 3.63) is 54.0 Å². The van der Waals surface area contributed by atoms with Crippen molar-refractivity contribution in [2.75, 3.05) is 33.9 Å². The first-order valence-corrected chi connectivity index (χ1v) is 10.2. The molecule has 0 atom stereocenters. The number of nitrogens with zero attached hydrogens (tertiary/aromatic N) is 2. The maximum Gasteiger partial charge on any atom is 0.409 e. The van der Waals surface area contributed by atoms with Gasteiger partial charge in [0, 0.05) is 32.1 Å². The molecule has 170 valence electrons. The lowest BCUT2D eigenvalue weighted by atomic mass is 10.1. The highest BCUT2D eigenvalue weighted by Gasteiger charge is 2.23. The number of amides is 1. The van der Waals surface area contributed by atoms with Gasteiger partial charge >= 0.3 is 6.09 Å². The van der Waals surface area contributed by atoms with E-state index in [0.29, 0.717) is 26.2 Å². The van der Waals surface area contributed by atoms with Gasteiger partial charge in [0.2, 0.25) is 0 Å². The van der Waals surface area contributed by atoms with Gasteiger partial charge in [-0.25, -0.2) is 9.79 Å². The predicted octanol–water partition coefficient (Wildman–Crippen LogP) is 3.41. The minimum atomic E-state index is -0.265. The minimum Gasteiger partial charge on any atom is -0.497 e. The van der Waals surface area contributed by atoms with Crippen LogP contribution in [0.3, 0.4) is 0 Å². The van der Waals surface area contributed by atoms with Gasteiger partial charge in [0.05, 0.1) is 27.0 Å². The number of benzene rings is 1. The highest BCUT2D eigenvalue weighted by molar-refractivity contribution is 14.0. The molecule has 0 saturated carbocycles. The first kappa shape index (κ1) is 24.8. The second-order valence-electron chi connectivity index (χ2n) is 7.14. The lowest BCUT2D eigenvalue weighted by Crippen LogP contribution is -2.50. The Bertz CT molecular complexity index is 803. The summed E-state index contributed by atoms with van der Waals surface area (Å²) >= 11 is 0. The molecular formula is C22H31IN4O4. The van der Waals surface area contributed by atoms with E-state index in [1.165, 1.54) is 7.11 Å². The largest absolute Gasteiger partial charge is 0.497 e. The van der Waals surface area contributed by atoms with Gasteiger partial charge in [-0.05, 0) is 42.7 Å². The van der Waals surface area contributed by atoms with E-state index in [4.69, 9.17) is 18.9 Å². The van der Waals surface area contributed by atoms with E-state index in [1.54, 1.807) is 18.3 Å². The summed E-state index contributed by atoms with van der Waals surface area (Å²) in [7, 11) is 3.07. The van der Waals surface area contributed by atoms with E-state index in [-0.39, 0.29) is 36.1 Å². The second kappa shape index (κ2) is 13.1. The molecule has 0 unspecified atom stereocenters. The predicted molar refractivity (Wildman–Crippen MR) is 130 cm³/mol. The standard InChI is InChI=1S/C22H30N4O4.HI/c1-28-19-7-5-17(6-8-19)16-24-21(23-12-9-20-4-3-15-30-20)25-18-10-13-26(14-11-18)22(27)29-2;/h3-8,15,18H,9-14,16H2,1-2H3,(H2,23,24,25);1H. The molecule has 0 radical (unpaired) electrons. The molecule has 2 heterocycles. The highest BCUT2D eigenvalue weighted by atomic mass is 127. The Labute approximate surface area is 200 Å². The van der Waals surface area contributed by atoms with Crippen LogP contribution in [0.2, 0.25) is 0 Å². The number of carbonyl (C=O) groups is 1. The summed E-state index contributed by atoms with van der Waals surface area (Å²) in [6, 6.07) is 12.0. The van der Waals surface area contributed by atoms with Crippen LogP contribution in [-0.4, -0.2) is 56.8 Å². The maximum atomic E-state index is 11.7. The van der Waals surface area contributed by atoms with Crippen LogP contribution >= 0.6 is 24.0 Å². The van der Waals surface area contributed by atoms with Gasteiger partial charge in [0.25, 0.3) is 0 Å². The number of aliphatic imine (C=N–C) groups is 1. The average Bonchev–Trinajstić information content (AvgIpc) is 3.31. The lowest BCUT2D eigenvalue weighted by Gasteiger charge is -2.32. The van der Waals surface area contributed by atoms with Crippen LogP contribution in [0.1, 0.15) is 24.2 Å². The molecule has 1 amide bonds. The molecule has 8 nitrogen and oxygen atoms in total. The number of guanidine groups is 1. The molecule has 1 aliphatic heterocycles. The van der Waals surface area contributed by atoms with Crippen LogP contribution in [0.5, 0.6) is 5.75 Å². The van der Waals surface area contributed by atoms with Crippen LogP contribution in [-0.2, 0) is 17.7 Å². The maximum absolute atomic E-state index is 11.7. The summed E-state index contributed by atoms with van der Waals surface area (Å²) in [4.78, 5) is 18.2. The molecule has 3 rings (SSSR count). The van der Waals surface area contributed by atoms with Crippen LogP contribution in [0.15, 0.2) is 52.1 Å². The Hall–Kier alpha value is -2.43. The van der Waals surface area contributed by atoms with Crippen molar-refractivity contribution in [2.45, 2.75) is 31.8 Å². The van der Waals surface area contributed by atoms with Gasteiger partial charge in [-0.1, -0.05) is 12.1 Å². The van der Waals surface area contributed by atoms with Gasteiger partial charge in [-0.15, -0.1) is 24.0 Å². The normalized spacial score (nSPS) is 14.5. The van der Waals surface area contributed by atoms with E-state index in [1.807, 2.05) is 36.4 Å². The molecule has 1 fully saturated rings. The van der Waals surface area contributed by atoms with Crippen LogP contribution in [0.25, 0.3) is 0 Å². The molecule has 1 aromatic heterocycles. The SMILES string of the molecule is COC(=O)N1CCC(NC(=NCc2ccc(OC)cc2)NCCc2ccco2)CC1.I. The Morgan fingerprint density at radius 2 is 1.94 bits per heavy atom. The molecular weight excluding hydrogens is 511 g/mol. The molecule has 1 saturated heterocycles. The molecule has 1 aromatic carbocycles. The number of methoxy groups -OCH3 is 2. The lowest BCUT2D eigenvalue weighted by molar-refractivity contribution is 0.111. The van der Waals surface area contributed by atoms with Gasteiger partial charge in [-0.2, -0.15) is 0 Å². The summed E-state index contributed by atoms with van der Waals surface area (Å²) < 4.78 is 15.4. The van der Waals surface area contributed by atoms with Crippen LogP contribution in [0.4, 0.5) is 4.79 Å². The fourth-order valence-electron chi connectivity index (χ4n) is 3.34. The third-order valence-electron chi connectivity index (χ3n) is 5.09. The zero-order chi connectivity index (χ0) is 21.2. The van der Waals surface area contributed by atoms with E-state index in [9.17, 15) is 4.79 Å². The molecule has 0 aliphatic carbocycles. The Kier molecular flexibility index (Phi) is 10.5. The van der Waals surface area contributed by atoms with Crippen molar-refractivity contribution in [1.82, 2.24) is 15.5 Å². The summed E-state index contributed by atoms with van der Waals surface area (Å²) in [5, 5.41) is 6.90. The molecule has 2 aromatic rings. The molecule has 0 spiro atoms. The van der Waals surface area contributed by atoms with Gasteiger partial charge < -0.3 is 29.4 Å². The highest BCUT2D eigenvalue weighted by Crippen LogP contribution is 2.13. The number of carbonyl (C=O) groups excluding carboxylic acids is 1. The van der Waals surface area contributed by atoms with Crippen molar-refractivity contribution in [2.24, 2.45) is 4.99 Å². The van der Waals surface area contributed by atoms with Crippen molar-refractivity contribution >= 4 is 36.0 Å². The fraction of sp³-hybridized carbons (Fsp3) is 0.455. The molecule has 0 bridgehead atoms. The number of nitrogens with one attached hydrogen (secondary N) is 2. The van der Waals surface area contributed by atoms with E-state index in [0.717, 1.165) is 42.3 Å². The second-order valence-corrected chi connectivity index (χ2v) is 7.14. The smallest absolute Gasteiger partial charge is 0.409 e. The monoisotopic (exact) mass is 542 g/mol. The van der Waals surface area contributed by atoms with E-state index in [2.05, 4.69) is 10.6 Å². The van der Waals surface area contributed by atoms with Crippen molar-refractivity contribution in [3.63, 3.8) is 0 Å². The van der Waals surface area contributed by atoms with Crippen molar-refractivity contribution < 1.29 is 18.7 Å². The Morgan fingerprint density at radius 1 is 1.19 bits per heavy atom. The number of halogens is 1. The summed E-state index contributed by atoms with van der Waals surface area (Å²) in [5.74, 6) is 2.52. The topological polar surface area (TPSA) is 88.3 Å². The zero-order valence-electron chi connectivity index (χ0n) is 18.0. The first-order valence-electron chi connectivity index (χ1n) is 10.2. The van der Waals surface area contributed by atoms with Crippen molar-refractivity contribution in [3.8, 4) is 5.75 Å². The number of hydrogen-bond donors (Lipinski definition) is 2. The summed E-state index contributed by atoms with van der Waals surface area (Å²) in [6.45, 7) is 2.61. The third-order valence-corrected chi connectivity index (χ3v) is 5.09. The Balaban J connectivity index is 0.00000341. The van der Waals surface area contributed by atoms with Gasteiger partial charge in [0.1, 0.15) is 11.5 Å². The average molecular weight is 542 g/mol. The summed E-state index contributed by atoms with van der Waals surface area (Å²) in [6.07, 6.45) is 3.88. The number of hydrogen-bond acceptors (Lipinski definition) is 5. The fourth-order valence-corrected chi connectivity index (χ4v) is 3.34. The number of furan rings is 1. The molecule has 31 heavy (non-hydrogen) atoms. The quantitative estimate of drug-likeness (QED) is 0.317. The number of likely N-dealkylation sites (tertiary alicyclic amines) is 1. The van der Waals surface area contributed by atoms with E-state index >= 15 is 0 Å². The Morgan fingerprint density at radius 3 is 2.55 bits per heavy atom. The number of piperidine rings is 1. The molecule has 9 heteroatoms. The minimum absolute atomic E-state index is 0. The van der Waals surface area contributed by atoms with Gasteiger partial charge in [-0.3, -0.25) is 0 Å². The zero-order valence-corrected chi connectivity index (χ0v) is 20.3. The first-order chi connectivity index (χ1) is 14.7. The number of ether oxygens (including phenoxy) is 2. The van der Waals surface area contributed by atoms with Crippen LogP contribution < -0.4 is 15.4 Å². The van der Waals surface area contributed by atoms with Crippen molar-refractivity contribution in [1.29, 1.82) is 0 Å². The third kappa shape index (κ3) is 7.97. The van der Waals surface area contributed by atoms with E-state index < -0.39 is 0 Å². The van der Waals surface area contributed by atoms with Gasteiger partial charge in [0.15, 0.2) is 5.96 Å².